The Morgan fingerprint density at radius 3 is 2.48 bits per heavy atom. The quantitative estimate of drug-likeness (QED) is 0.914. The summed E-state index contributed by atoms with van der Waals surface area (Å²) in [5.74, 6) is 2.26. The number of nitrogens with one attached hydrogen (secondary N) is 1. The Morgan fingerprint density at radius 2 is 1.90 bits per heavy atom. The number of rotatable bonds is 3. The van der Waals surface area contributed by atoms with Crippen LogP contribution in [-0.4, -0.2) is 50.7 Å². The molecule has 0 radical (unpaired) electrons. The second-order valence-electron chi connectivity index (χ2n) is 5.82. The Hall–Kier alpha value is -1.75. The van der Waals surface area contributed by atoms with Crippen LogP contribution >= 0.6 is 0 Å². The molecule has 21 heavy (non-hydrogen) atoms. The average Bonchev–Trinajstić information content (AvgIpc) is 3.09. The number of hydrogen-bond acceptors (Lipinski definition) is 4. The van der Waals surface area contributed by atoms with E-state index in [9.17, 15) is 4.79 Å². The van der Waals surface area contributed by atoms with Gasteiger partial charge in [-0.15, -0.1) is 0 Å². The molecule has 2 fully saturated rings. The molecule has 1 amide bonds. The number of nitrogens with zero attached hydrogens (tertiary/aromatic N) is 1. The minimum absolute atomic E-state index is 0.00574. The molecule has 1 aromatic rings. The monoisotopic (exact) mass is 290 g/mol. The second-order valence-corrected chi connectivity index (χ2v) is 5.82. The van der Waals surface area contributed by atoms with Gasteiger partial charge >= 0.3 is 0 Å². The highest BCUT2D eigenvalue weighted by Gasteiger charge is 2.44. The molecule has 2 heterocycles. The van der Waals surface area contributed by atoms with E-state index in [-0.39, 0.29) is 11.9 Å². The summed E-state index contributed by atoms with van der Waals surface area (Å²) in [6, 6.07) is 5.69. The smallest absolute Gasteiger partial charge is 0.261 e. The minimum Gasteiger partial charge on any atom is -0.496 e. The molecule has 5 heteroatoms. The van der Waals surface area contributed by atoms with Crippen molar-refractivity contribution in [1.29, 1.82) is 0 Å². The summed E-state index contributed by atoms with van der Waals surface area (Å²) in [5.41, 5.74) is 0.530. The zero-order valence-electron chi connectivity index (χ0n) is 12.8. The number of benzene rings is 1. The van der Waals surface area contributed by atoms with E-state index in [0.717, 1.165) is 19.6 Å². The van der Waals surface area contributed by atoms with E-state index in [2.05, 4.69) is 12.2 Å². The molecule has 1 aromatic carbocycles. The normalized spacial score (nSPS) is 27.6. The maximum Gasteiger partial charge on any atom is 0.261 e. The summed E-state index contributed by atoms with van der Waals surface area (Å²) < 4.78 is 10.7. The number of amides is 1. The third-order valence-electron chi connectivity index (χ3n) is 4.84. The average molecular weight is 290 g/mol. The maximum atomic E-state index is 13.0. The molecule has 2 saturated heterocycles. The van der Waals surface area contributed by atoms with Crippen molar-refractivity contribution < 1.29 is 14.3 Å². The Balaban J connectivity index is 1.92. The number of fused-ring (bicyclic) bond motifs is 1. The van der Waals surface area contributed by atoms with Crippen molar-refractivity contribution in [3.8, 4) is 11.5 Å². The fourth-order valence-corrected chi connectivity index (χ4v) is 3.64. The zero-order chi connectivity index (χ0) is 15.0. The van der Waals surface area contributed by atoms with Crippen molar-refractivity contribution >= 4 is 5.91 Å². The molecule has 0 spiro atoms. The summed E-state index contributed by atoms with van der Waals surface area (Å²) in [6.45, 7) is 4.94. The molecule has 1 N–H and O–H groups in total. The summed E-state index contributed by atoms with van der Waals surface area (Å²) >= 11 is 0. The summed E-state index contributed by atoms with van der Waals surface area (Å²) in [7, 11) is 3.16. The maximum absolute atomic E-state index is 13.0. The molecule has 114 valence electrons. The second kappa shape index (κ2) is 5.56. The molecule has 0 bridgehead atoms. The first-order chi connectivity index (χ1) is 10.2. The van der Waals surface area contributed by atoms with Crippen LogP contribution in [0.4, 0.5) is 0 Å². The van der Waals surface area contributed by atoms with Crippen molar-refractivity contribution in [3.63, 3.8) is 0 Å². The van der Waals surface area contributed by atoms with Crippen LogP contribution in [0.5, 0.6) is 11.5 Å². The van der Waals surface area contributed by atoms with Crippen molar-refractivity contribution in [2.75, 3.05) is 33.9 Å². The minimum atomic E-state index is 0.00574. The molecule has 3 unspecified atom stereocenters. The number of carbonyl (C=O) groups is 1. The fourth-order valence-electron chi connectivity index (χ4n) is 3.64. The van der Waals surface area contributed by atoms with Gasteiger partial charge in [0.15, 0.2) is 0 Å². The lowest BCUT2D eigenvalue weighted by Gasteiger charge is -2.26. The van der Waals surface area contributed by atoms with Gasteiger partial charge in [-0.05, 0) is 30.9 Å². The molecule has 3 atom stereocenters. The van der Waals surface area contributed by atoms with Crippen LogP contribution in [0, 0.1) is 11.8 Å². The van der Waals surface area contributed by atoms with Gasteiger partial charge < -0.3 is 19.7 Å². The topological polar surface area (TPSA) is 50.8 Å². The molecule has 5 nitrogen and oxygen atoms in total. The highest BCUT2D eigenvalue weighted by molar-refractivity contribution is 6.00. The van der Waals surface area contributed by atoms with Gasteiger partial charge in [0.25, 0.3) is 5.91 Å². The van der Waals surface area contributed by atoms with Crippen LogP contribution in [0.1, 0.15) is 17.3 Å². The van der Waals surface area contributed by atoms with Crippen molar-refractivity contribution in [2.24, 2.45) is 11.8 Å². The molecule has 2 aliphatic heterocycles. The van der Waals surface area contributed by atoms with E-state index >= 15 is 0 Å². The van der Waals surface area contributed by atoms with E-state index in [4.69, 9.17) is 9.47 Å². The fraction of sp³-hybridized carbons (Fsp3) is 0.562. The number of carbonyl (C=O) groups excluding carboxylic acids is 1. The highest BCUT2D eigenvalue weighted by atomic mass is 16.5. The van der Waals surface area contributed by atoms with Gasteiger partial charge in [0.2, 0.25) is 0 Å². The summed E-state index contributed by atoms with van der Waals surface area (Å²) in [4.78, 5) is 15.0. The van der Waals surface area contributed by atoms with Crippen molar-refractivity contribution in [1.82, 2.24) is 10.2 Å². The van der Waals surface area contributed by atoms with Gasteiger partial charge in [0.05, 0.1) is 14.2 Å². The van der Waals surface area contributed by atoms with Gasteiger partial charge in [-0.1, -0.05) is 6.07 Å². The Morgan fingerprint density at radius 1 is 1.24 bits per heavy atom. The molecule has 0 saturated carbocycles. The van der Waals surface area contributed by atoms with Crippen molar-refractivity contribution in [3.05, 3.63) is 23.8 Å². The number of likely N-dealkylation sites (tertiary alicyclic amines) is 1. The van der Waals surface area contributed by atoms with Gasteiger partial charge in [-0.3, -0.25) is 4.79 Å². The van der Waals surface area contributed by atoms with Crippen LogP contribution < -0.4 is 14.8 Å². The third kappa shape index (κ3) is 2.25. The SMILES string of the molecule is COc1cccc(OC)c1C(=O)N1CC2CNCC2C1C. The summed E-state index contributed by atoms with van der Waals surface area (Å²) in [5, 5.41) is 3.41. The van der Waals surface area contributed by atoms with Gasteiger partial charge in [-0.2, -0.15) is 0 Å². The lowest BCUT2D eigenvalue weighted by molar-refractivity contribution is 0.0721. The lowest BCUT2D eigenvalue weighted by Crippen LogP contribution is -2.38. The zero-order valence-corrected chi connectivity index (χ0v) is 12.8. The third-order valence-corrected chi connectivity index (χ3v) is 4.84. The predicted molar refractivity (Wildman–Crippen MR) is 79.9 cm³/mol. The van der Waals surface area contributed by atoms with E-state index in [1.165, 1.54) is 0 Å². The molecule has 0 aromatic heterocycles. The lowest BCUT2D eigenvalue weighted by atomic mass is 9.95. The highest BCUT2D eigenvalue weighted by Crippen LogP contribution is 2.36. The van der Waals surface area contributed by atoms with E-state index in [1.54, 1.807) is 26.4 Å². The number of hydrogen-bond donors (Lipinski definition) is 1. The first kappa shape index (κ1) is 14.2. The largest absolute Gasteiger partial charge is 0.496 e. The Kier molecular flexibility index (Phi) is 3.76. The van der Waals surface area contributed by atoms with Crippen LogP contribution in [0.25, 0.3) is 0 Å². The Bertz CT molecular complexity index is 524. The number of methoxy groups -OCH3 is 2. The van der Waals surface area contributed by atoms with E-state index in [0.29, 0.717) is 28.9 Å². The van der Waals surface area contributed by atoms with Crippen molar-refractivity contribution in [2.45, 2.75) is 13.0 Å². The van der Waals surface area contributed by atoms with Crippen LogP contribution in [0.2, 0.25) is 0 Å². The molecule has 0 aliphatic carbocycles. The standard InChI is InChI=1S/C16H22N2O3/c1-10-12-8-17-7-11(12)9-18(10)16(19)15-13(20-2)5-4-6-14(15)21-3/h4-6,10-12,17H,7-9H2,1-3H3. The first-order valence-electron chi connectivity index (χ1n) is 7.40. The first-order valence-corrected chi connectivity index (χ1v) is 7.40. The van der Waals surface area contributed by atoms with E-state index in [1.807, 2.05) is 11.0 Å². The molecule has 2 aliphatic rings. The predicted octanol–water partition coefficient (Wildman–Crippen LogP) is 1.38. The molecule has 3 rings (SSSR count). The van der Waals surface area contributed by atoms with Gasteiger partial charge in [-0.25, -0.2) is 0 Å². The molecular formula is C16H22N2O3. The van der Waals surface area contributed by atoms with Gasteiger partial charge in [0.1, 0.15) is 17.1 Å². The van der Waals surface area contributed by atoms with Gasteiger partial charge in [0, 0.05) is 25.7 Å². The number of ether oxygens (including phenoxy) is 2. The van der Waals surface area contributed by atoms with Crippen LogP contribution in [-0.2, 0) is 0 Å². The van der Waals surface area contributed by atoms with Crippen LogP contribution in [0.15, 0.2) is 18.2 Å². The van der Waals surface area contributed by atoms with Crippen LogP contribution in [0.3, 0.4) is 0 Å². The summed E-state index contributed by atoms with van der Waals surface area (Å²) in [6.07, 6.45) is 0. The molecular weight excluding hydrogens is 268 g/mol. The van der Waals surface area contributed by atoms with E-state index < -0.39 is 0 Å². The Labute approximate surface area is 125 Å².